The van der Waals surface area contributed by atoms with Crippen molar-refractivity contribution in [3.8, 4) is 0 Å². The number of rotatable bonds is 1. The van der Waals surface area contributed by atoms with Crippen LogP contribution in [0.1, 0.15) is 78.1 Å². The van der Waals surface area contributed by atoms with E-state index in [-0.39, 0.29) is 0 Å². The molecule has 0 aliphatic heterocycles. The molecule has 0 aromatic carbocycles. The van der Waals surface area contributed by atoms with Crippen LogP contribution in [0.25, 0.3) is 0 Å². The van der Waals surface area contributed by atoms with Gasteiger partial charge in [0.15, 0.2) is 0 Å². The first-order valence-corrected chi connectivity index (χ1v) is 10.1. The lowest BCUT2D eigenvalue weighted by atomic mass is 9.44. The van der Waals surface area contributed by atoms with Gasteiger partial charge in [-0.15, -0.1) is 0 Å². The maximum Gasteiger partial charge on any atom is 0.0148 e. The molecule has 0 aromatic heterocycles. The second kappa shape index (κ2) is 5.23. The molecular weight excluding hydrogens is 266 g/mol. The Balaban J connectivity index is 1.68. The third-order valence-electron chi connectivity index (χ3n) is 9.12. The Morgan fingerprint density at radius 1 is 0.773 bits per heavy atom. The highest BCUT2D eigenvalue weighted by molar-refractivity contribution is 5.10. The maximum absolute atomic E-state index is 2.72. The van der Waals surface area contributed by atoms with Gasteiger partial charge in [-0.1, -0.05) is 26.7 Å². The van der Waals surface area contributed by atoms with Crippen LogP contribution in [0.2, 0.25) is 0 Å². The van der Waals surface area contributed by atoms with Gasteiger partial charge < -0.3 is 4.90 Å². The lowest BCUT2D eigenvalue weighted by Gasteiger charge is -2.63. The standard InChI is InChI=1S/C21H37N/c1-20-13-6-8-17(20)16-11-10-15-7-5-9-19(22(3)4)21(15,2)18(16)12-14-20/h15-19H,5-14H2,1-4H3/t15?,16-,17-,18-,19?,20-,21-/m0/s1. The van der Waals surface area contributed by atoms with E-state index in [4.69, 9.17) is 0 Å². The highest BCUT2D eigenvalue weighted by Gasteiger charge is 2.59. The molecule has 4 fully saturated rings. The Hall–Kier alpha value is -0.0400. The summed E-state index contributed by atoms with van der Waals surface area (Å²) in [5.74, 6) is 4.16. The molecule has 0 bridgehead atoms. The van der Waals surface area contributed by atoms with Crippen molar-refractivity contribution in [2.45, 2.75) is 84.1 Å². The van der Waals surface area contributed by atoms with E-state index in [1.165, 1.54) is 51.4 Å². The average molecular weight is 304 g/mol. The second-order valence-corrected chi connectivity index (χ2v) is 10.0. The molecule has 0 heterocycles. The van der Waals surface area contributed by atoms with Crippen molar-refractivity contribution in [3.63, 3.8) is 0 Å². The number of hydrogen-bond donors (Lipinski definition) is 0. The van der Waals surface area contributed by atoms with Crippen LogP contribution in [-0.4, -0.2) is 25.0 Å². The van der Waals surface area contributed by atoms with E-state index in [9.17, 15) is 0 Å². The summed E-state index contributed by atoms with van der Waals surface area (Å²) in [5, 5.41) is 0. The molecule has 2 unspecified atom stereocenters. The van der Waals surface area contributed by atoms with Crippen LogP contribution in [0.4, 0.5) is 0 Å². The van der Waals surface area contributed by atoms with E-state index in [1.807, 2.05) is 0 Å². The monoisotopic (exact) mass is 303 g/mol. The fraction of sp³-hybridized carbons (Fsp3) is 1.00. The van der Waals surface area contributed by atoms with Gasteiger partial charge in [-0.05, 0) is 100.0 Å². The van der Waals surface area contributed by atoms with Gasteiger partial charge in [-0.2, -0.15) is 0 Å². The summed E-state index contributed by atoms with van der Waals surface area (Å²) < 4.78 is 0. The topological polar surface area (TPSA) is 3.24 Å². The minimum absolute atomic E-state index is 0.606. The molecule has 4 aliphatic carbocycles. The van der Waals surface area contributed by atoms with Crippen molar-refractivity contribution >= 4 is 0 Å². The fourth-order valence-corrected chi connectivity index (χ4v) is 8.12. The summed E-state index contributed by atoms with van der Waals surface area (Å²) in [6, 6.07) is 0.838. The zero-order valence-corrected chi connectivity index (χ0v) is 15.4. The van der Waals surface area contributed by atoms with Crippen molar-refractivity contribution in [1.29, 1.82) is 0 Å². The van der Waals surface area contributed by atoms with Crippen LogP contribution in [0.5, 0.6) is 0 Å². The minimum Gasteiger partial charge on any atom is -0.306 e. The van der Waals surface area contributed by atoms with Gasteiger partial charge >= 0.3 is 0 Å². The second-order valence-electron chi connectivity index (χ2n) is 10.0. The van der Waals surface area contributed by atoms with Crippen LogP contribution in [0.15, 0.2) is 0 Å². The predicted octanol–water partition coefficient (Wildman–Crippen LogP) is 5.35. The molecule has 0 amide bonds. The molecular formula is C21H37N. The molecule has 126 valence electrons. The third-order valence-corrected chi connectivity index (χ3v) is 9.12. The summed E-state index contributed by atoms with van der Waals surface area (Å²) in [7, 11) is 4.70. The Labute approximate surface area is 138 Å². The average Bonchev–Trinajstić information content (AvgIpc) is 2.87. The SMILES string of the molecule is CN(C)C1CCCC2CC[C@H]3[C@@H]4CCC[C@@]4(C)CC[C@@H]3[C@]21C. The molecule has 0 N–H and O–H groups in total. The van der Waals surface area contributed by atoms with E-state index in [1.54, 1.807) is 12.8 Å². The summed E-state index contributed by atoms with van der Waals surface area (Å²) in [5.41, 5.74) is 1.32. The van der Waals surface area contributed by atoms with Gasteiger partial charge in [-0.25, -0.2) is 0 Å². The molecule has 0 radical (unpaired) electrons. The van der Waals surface area contributed by atoms with E-state index < -0.39 is 0 Å². The van der Waals surface area contributed by atoms with Crippen molar-refractivity contribution in [1.82, 2.24) is 4.90 Å². The molecule has 0 aromatic rings. The first-order valence-electron chi connectivity index (χ1n) is 10.1. The summed E-state index contributed by atoms with van der Waals surface area (Å²) in [4.78, 5) is 2.59. The normalized spacial score (nSPS) is 54.7. The third kappa shape index (κ3) is 2.00. The molecule has 0 saturated heterocycles. The summed E-state index contributed by atoms with van der Waals surface area (Å²) in [6.07, 6.45) is 15.2. The van der Waals surface area contributed by atoms with Crippen LogP contribution >= 0.6 is 0 Å². The van der Waals surface area contributed by atoms with Crippen molar-refractivity contribution in [2.24, 2.45) is 34.5 Å². The molecule has 4 saturated carbocycles. The maximum atomic E-state index is 2.72. The first-order chi connectivity index (χ1) is 10.5. The number of nitrogens with zero attached hydrogens (tertiary/aromatic N) is 1. The molecule has 4 rings (SSSR count). The highest BCUT2D eigenvalue weighted by atomic mass is 15.1. The van der Waals surface area contributed by atoms with E-state index in [2.05, 4.69) is 32.8 Å². The molecule has 1 heteroatoms. The lowest BCUT2D eigenvalue weighted by Crippen LogP contribution is -2.60. The van der Waals surface area contributed by atoms with Gasteiger partial charge in [0.1, 0.15) is 0 Å². The smallest absolute Gasteiger partial charge is 0.0148 e. The zero-order valence-electron chi connectivity index (χ0n) is 15.4. The van der Waals surface area contributed by atoms with Crippen molar-refractivity contribution in [3.05, 3.63) is 0 Å². The summed E-state index contributed by atoms with van der Waals surface area (Å²) >= 11 is 0. The van der Waals surface area contributed by atoms with Gasteiger partial charge in [0.25, 0.3) is 0 Å². The van der Waals surface area contributed by atoms with Crippen LogP contribution in [-0.2, 0) is 0 Å². The van der Waals surface area contributed by atoms with Gasteiger partial charge in [0.2, 0.25) is 0 Å². The van der Waals surface area contributed by atoms with Crippen molar-refractivity contribution < 1.29 is 0 Å². The molecule has 22 heavy (non-hydrogen) atoms. The Bertz CT molecular complexity index is 430. The summed E-state index contributed by atoms with van der Waals surface area (Å²) in [6.45, 7) is 5.36. The number of fused-ring (bicyclic) bond motifs is 5. The number of hydrogen-bond acceptors (Lipinski definition) is 1. The quantitative estimate of drug-likeness (QED) is 0.631. The van der Waals surface area contributed by atoms with Gasteiger partial charge in [-0.3, -0.25) is 0 Å². The molecule has 0 spiro atoms. The van der Waals surface area contributed by atoms with Gasteiger partial charge in [0.05, 0.1) is 0 Å². The Morgan fingerprint density at radius 2 is 1.59 bits per heavy atom. The predicted molar refractivity (Wildman–Crippen MR) is 93.8 cm³/mol. The molecule has 4 aliphatic rings. The van der Waals surface area contributed by atoms with E-state index >= 15 is 0 Å². The Morgan fingerprint density at radius 3 is 2.36 bits per heavy atom. The first kappa shape index (κ1) is 15.5. The largest absolute Gasteiger partial charge is 0.306 e. The van der Waals surface area contributed by atoms with Crippen molar-refractivity contribution in [2.75, 3.05) is 14.1 Å². The molecule has 7 atom stereocenters. The van der Waals surface area contributed by atoms with Crippen LogP contribution < -0.4 is 0 Å². The highest BCUT2D eigenvalue weighted by Crippen LogP contribution is 2.66. The zero-order chi connectivity index (χ0) is 15.5. The Kier molecular flexibility index (Phi) is 3.68. The van der Waals surface area contributed by atoms with E-state index in [0.717, 1.165) is 29.7 Å². The van der Waals surface area contributed by atoms with E-state index in [0.29, 0.717) is 10.8 Å². The van der Waals surface area contributed by atoms with Crippen LogP contribution in [0, 0.1) is 34.5 Å². The fourth-order valence-electron chi connectivity index (χ4n) is 8.12. The lowest BCUT2D eigenvalue weighted by molar-refractivity contribution is -0.135. The molecule has 1 nitrogen and oxygen atoms in total. The van der Waals surface area contributed by atoms with Gasteiger partial charge in [0, 0.05) is 6.04 Å². The van der Waals surface area contributed by atoms with Crippen LogP contribution in [0.3, 0.4) is 0 Å². The minimum atomic E-state index is 0.606.